The van der Waals surface area contributed by atoms with Gasteiger partial charge in [0.05, 0.1) is 11.4 Å². The number of rotatable bonds is 8. The van der Waals surface area contributed by atoms with Gasteiger partial charge < -0.3 is 10.1 Å². The van der Waals surface area contributed by atoms with Crippen molar-refractivity contribution in [3.05, 3.63) is 82.3 Å². The highest BCUT2D eigenvalue weighted by molar-refractivity contribution is 7.91. The summed E-state index contributed by atoms with van der Waals surface area (Å²) < 4.78 is 69.5. The molecule has 0 saturated carbocycles. The molecular formula is C23H18Cl2F3NO4S. The van der Waals surface area contributed by atoms with Crippen LogP contribution in [0.3, 0.4) is 0 Å². The van der Waals surface area contributed by atoms with Crippen LogP contribution >= 0.6 is 23.2 Å². The number of benzene rings is 3. The third-order valence-corrected chi connectivity index (χ3v) is 7.11. The Labute approximate surface area is 204 Å². The zero-order chi connectivity index (χ0) is 25.1. The molecule has 5 nitrogen and oxygen atoms in total. The fraction of sp³-hybridized carbons (Fsp3) is 0.174. The topological polar surface area (TPSA) is 72.5 Å². The van der Waals surface area contributed by atoms with Gasteiger partial charge in [0, 0.05) is 22.2 Å². The lowest BCUT2D eigenvalue weighted by Crippen LogP contribution is -2.34. The Morgan fingerprint density at radius 1 is 0.971 bits per heavy atom. The smallest absolute Gasteiger partial charge is 0.451 e. The van der Waals surface area contributed by atoms with Crippen molar-refractivity contribution in [3.63, 3.8) is 0 Å². The molecule has 0 aromatic heterocycles. The van der Waals surface area contributed by atoms with E-state index in [-0.39, 0.29) is 20.6 Å². The molecule has 0 aliphatic rings. The lowest BCUT2D eigenvalue weighted by molar-refractivity contribution is -0.170. The number of Topliss-reactive ketones (excluding diaryl/α,β-unsaturated/α-hetero) is 1. The quantitative estimate of drug-likeness (QED) is 0.364. The predicted octanol–water partition coefficient (Wildman–Crippen LogP) is 6.40. The molecule has 34 heavy (non-hydrogen) atoms. The Bertz CT molecular complexity index is 1280. The number of ketones is 1. The second kappa shape index (κ2) is 10.4. The molecule has 0 spiro atoms. The number of halogens is 5. The standard InChI is InChI=1S/C23H18Cl2F3NO4S/c1-14(29-13-22(30)23(26,27)28)15-2-9-19(10-3-15)34(31,32)21-11-6-17(25)12-20(21)33-18-7-4-16(24)5-8-18/h2-12,14,29H,13H2,1H3/t14-/m0/s1. The fourth-order valence-corrected chi connectivity index (χ4v) is 4.59. The number of sulfone groups is 1. The first kappa shape index (κ1) is 26.0. The summed E-state index contributed by atoms with van der Waals surface area (Å²) >= 11 is 11.9. The van der Waals surface area contributed by atoms with Crippen LogP contribution in [0, 0.1) is 0 Å². The fourth-order valence-electron chi connectivity index (χ4n) is 2.94. The van der Waals surface area contributed by atoms with Crippen LogP contribution in [0.5, 0.6) is 11.5 Å². The van der Waals surface area contributed by atoms with Gasteiger partial charge in [0.2, 0.25) is 15.6 Å². The van der Waals surface area contributed by atoms with Crippen LogP contribution < -0.4 is 10.1 Å². The van der Waals surface area contributed by atoms with Crippen molar-refractivity contribution in [2.45, 2.75) is 28.9 Å². The minimum Gasteiger partial charge on any atom is -0.456 e. The third-order valence-electron chi connectivity index (χ3n) is 4.81. The van der Waals surface area contributed by atoms with Gasteiger partial charge >= 0.3 is 6.18 Å². The molecule has 0 aliphatic carbocycles. The molecule has 1 atom stereocenters. The van der Waals surface area contributed by atoms with Crippen LogP contribution in [-0.2, 0) is 14.6 Å². The monoisotopic (exact) mass is 531 g/mol. The zero-order valence-corrected chi connectivity index (χ0v) is 19.9. The maximum atomic E-state index is 13.3. The van der Waals surface area contributed by atoms with E-state index < -0.39 is 34.4 Å². The van der Waals surface area contributed by atoms with E-state index in [9.17, 15) is 26.4 Å². The highest BCUT2D eigenvalue weighted by Crippen LogP contribution is 2.35. The van der Waals surface area contributed by atoms with Gasteiger partial charge in [-0.1, -0.05) is 35.3 Å². The normalized spacial score (nSPS) is 12.9. The summed E-state index contributed by atoms with van der Waals surface area (Å²) in [5.41, 5.74) is 0.502. The first-order valence-electron chi connectivity index (χ1n) is 9.79. The van der Waals surface area contributed by atoms with Crippen LogP contribution in [0.2, 0.25) is 10.0 Å². The maximum absolute atomic E-state index is 13.3. The van der Waals surface area contributed by atoms with Gasteiger partial charge in [-0.15, -0.1) is 0 Å². The van der Waals surface area contributed by atoms with Crippen molar-refractivity contribution >= 4 is 38.8 Å². The van der Waals surface area contributed by atoms with E-state index in [1.54, 1.807) is 31.2 Å². The second-order valence-electron chi connectivity index (χ2n) is 7.24. The number of alkyl halides is 3. The number of hydrogen-bond acceptors (Lipinski definition) is 5. The van der Waals surface area contributed by atoms with Crippen molar-refractivity contribution in [1.82, 2.24) is 5.32 Å². The van der Waals surface area contributed by atoms with Crippen molar-refractivity contribution in [2.75, 3.05) is 6.54 Å². The summed E-state index contributed by atoms with van der Waals surface area (Å²) in [6.07, 6.45) is -4.92. The van der Waals surface area contributed by atoms with Crippen molar-refractivity contribution in [2.24, 2.45) is 0 Å². The second-order valence-corrected chi connectivity index (χ2v) is 10.0. The number of carbonyl (C=O) groups is 1. The van der Waals surface area contributed by atoms with Gasteiger partial charge in [-0.2, -0.15) is 13.2 Å². The number of hydrogen-bond donors (Lipinski definition) is 1. The largest absolute Gasteiger partial charge is 0.456 e. The van der Waals surface area contributed by atoms with Crippen molar-refractivity contribution in [1.29, 1.82) is 0 Å². The number of nitrogens with one attached hydrogen (secondary N) is 1. The van der Waals surface area contributed by atoms with Crippen LogP contribution in [0.1, 0.15) is 18.5 Å². The molecule has 0 unspecified atom stereocenters. The third kappa shape index (κ3) is 6.29. The summed E-state index contributed by atoms with van der Waals surface area (Å²) in [6.45, 7) is 0.672. The lowest BCUT2D eigenvalue weighted by atomic mass is 10.1. The molecule has 0 heterocycles. The van der Waals surface area contributed by atoms with E-state index in [2.05, 4.69) is 5.32 Å². The molecule has 0 bridgehead atoms. The van der Waals surface area contributed by atoms with Crippen LogP contribution in [0.15, 0.2) is 76.5 Å². The van der Waals surface area contributed by atoms with Gasteiger partial charge in [-0.05, 0) is 61.0 Å². The molecule has 0 radical (unpaired) electrons. The van der Waals surface area contributed by atoms with Crippen LogP contribution in [-0.4, -0.2) is 26.9 Å². The number of ether oxygens (including phenoxy) is 1. The van der Waals surface area contributed by atoms with E-state index in [4.69, 9.17) is 27.9 Å². The van der Waals surface area contributed by atoms with Gasteiger partial charge in [-0.3, -0.25) is 4.79 Å². The van der Waals surface area contributed by atoms with Gasteiger partial charge in [0.1, 0.15) is 16.4 Å². The minimum atomic E-state index is -4.92. The van der Waals surface area contributed by atoms with Crippen molar-refractivity contribution in [3.8, 4) is 11.5 Å². The minimum absolute atomic E-state index is 0.0135. The highest BCUT2D eigenvalue weighted by atomic mass is 35.5. The number of carbonyl (C=O) groups excluding carboxylic acids is 1. The summed E-state index contributed by atoms with van der Waals surface area (Å²) in [5.74, 6) is -1.53. The first-order valence-corrected chi connectivity index (χ1v) is 12.0. The predicted molar refractivity (Wildman–Crippen MR) is 122 cm³/mol. The van der Waals surface area contributed by atoms with Crippen LogP contribution in [0.25, 0.3) is 0 Å². The molecule has 3 aromatic carbocycles. The SMILES string of the molecule is C[C@H](NCC(=O)C(F)(F)F)c1ccc(S(=O)(=O)c2ccc(Cl)cc2Oc2ccc(Cl)cc2)cc1. The molecule has 0 aliphatic heterocycles. The van der Waals surface area contributed by atoms with E-state index >= 15 is 0 Å². The Morgan fingerprint density at radius 2 is 1.56 bits per heavy atom. The molecule has 1 N–H and O–H groups in total. The molecule has 0 fully saturated rings. The molecule has 0 saturated heterocycles. The zero-order valence-electron chi connectivity index (χ0n) is 17.6. The van der Waals surface area contributed by atoms with E-state index in [1.165, 1.54) is 42.5 Å². The molecule has 11 heteroatoms. The average Bonchev–Trinajstić information content (AvgIpc) is 2.78. The van der Waals surface area contributed by atoms with Gasteiger partial charge in [-0.25, -0.2) is 8.42 Å². The Kier molecular flexibility index (Phi) is 7.92. The first-order chi connectivity index (χ1) is 15.9. The molecule has 3 aromatic rings. The Balaban J connectivity index is 1.83. The van der Waals surface area contributed by atoms with Gasteiger partial charge in [0.15, 0.2) is 0 Å². The molecule has 3 rings (SSSR count). The molecular weight excluding hydrogens is 514 g/mol. The Hall–Kier alpha value is -2.59. The van der Waals surface area contributed by atoms with E-state index in [1.807, 2.05) is 0 Å². The van der Waals surface area contributed by atoms with E-state index in [0.717, 1.165) is 0 Å². The summed E-state index contributed by atoms with van der Waals surface area (Å²) in [4.78, 5) is 10.9. The average molecular weight is 532 g/mol. The van der Waals surface area contributed by atoms with Crippen LogP contribution in [0.4, 0.5) is 13.2 Å². The van der Waals surface area contributed by atoms with Gasteiger partial charge in [0.25, 0.3) is 0 Å². The highest BCUT2D eigenvalue weighted by Gasteiger charge is 2.37. The van der Waals surface area contributed by atoms with Crippen molar-refractivity contribution < 1.29 is 31.1 Å². The lowest BCUT2D eigenvalue weighted by Gasteiger charge is -2.16. The molecule has 0 amide bonds. The maximum Gasteiger partial charge on any atom is 0.451 e. The summed E-state index contributed by atoms with van der Waals surface area (Å²) in [6, 6.07) is 15.4. The van der Waals surface area contributed by atoms with E-state index in [0.29, 0.717) is 16.3 Å². The summed E-state index contributed by atoms with van der Waals surface area (Å²) in [7, 11) is -4.04. The Morgan fingerprint density at radius 3 is 2.15 bits per heavy atom. The summed E-state index contributed by atoms with van der Waals surface area (Å²) in [5, 5.41) is 3.23. The molecule has 180 valence electrons.